The number of benzene rings is 3. The molecular weight excluding hydrogens is 414 g/mol. The van der Waals surface area contributed by atoms with Crippen LogP contribution in [0.1, 0.15) is 34.0 Å². The zero-order valence-corrected chi connectivity index (χ0v) is 18.6. The van der Waals surface area contributed by atoms with Gasteiger partial charge in [-0.25, -0.2) is 0 Å². The molecule has 6 heteroatoms. The number of nitrogens with zero attached hydrogens (tertiary/aromatic N) is 2. The molecule has 1 aromatic heterocycles. The van der Waals surface area contributed by atoms with Gasteiger partial charge in [0, 0.05) is 23.4 Å². The molecule has 0 atom stereocenters. The van der Waals surface area contributed by atoms with Crippen LogP contribution in [-0.2, 0) is 13.0 Å². The summed E-state index contributed by atoms with van der Waals surface area (Å²) in [4.78, 5) is 25.1. The highest BCUT2D eigenvalue weighted by Crippen LogP contribution is 2.17. The van der Waals surface area contributed by atoms with Gasteiger partial charge in [0.25, 0.3) is 11.5 Å². The van der Waals surface area contributed by atoms with E-state index in [1.807, 2.05) is 62.4 Å². The van der Waals surface area contributed by atoms with Gasteiger partial charge in [0.2, 0.25) is 5.88 Å². The van der Waals surface area contributed by atoms with Crippen molar-refractivity contribution in [1.29, 1.82) is 0 Å². The number of hydrogen-bond donors (Lipinski definition) is 1. The highest BCUT2D eigenvalue weighted by molar-refractivity contribution is 6.04. The van der Waals surface area contributed by atoms with Crippen LogP contribution in [0.3, 0.4) is 0 Å². The first kappa shape index (κ1) is 22.0. The van der Waals surface area contributed by atoms with E-state index in [0.29, 0.717) is 23.7 Å². The highest BCUT2D eigenvalue weighted by Gasteiger charge is 2.10. The summed E-state index contributed by atoms with van der Waals surface area (Å²) in [7, 11) is 0. The van der Waals surface area contributed by atoms with Crippen molar-refractivity contribution in [2.75, 3.05) is 5.32 Å². The summed E-state index contributed by atoms with van der Waals surface area (Å²) in [5.41, 5.74) is 4.79. The first-order chi connectivity index (χ1) is 16.0. The first-order valence-electron chi connectivity index (χ1n) is 10.8. The zero-order chi connectivity index (χ0) is 23.2. The Morgan fingerprint density at radius 1 is 0.970 bits per heavy atom. The predicted molar refractivity (Wildman–Crippen MR) is 129 cm³/mol. The molecule has 4 aromatic rings. The summed E-state index contributed by atoms with van der Waals surface area (Å²) in [6.07, 6.45) is 0.826. The summed E-state index contributed by atoms with van der Waals surface area (Å²) >= 11 is 0. The summed E-state index contributed by atoms with van der Waals surface area (Å²) in [6, 6.07) is 25.4. The van der Waals surface area contributed by atoms with Crippen molar-refractivity contribution in [3.8, 4) is 11.6 Å². The molecule has 0 spiro atoms. The summed E-state index contributed by atoms with van der Waals surface area (Å²) in [5, 5.41) is 7.28. The number of carbonyl (C=O) groups excluding carboxylic acids is 1. The van der Waals surface area contributed by atoms with Crippen LogP contribution in [0.15, 0.2) is 89.7 Å². The van der Waals surface area contributed by atoms with Crippen LogP contribution in [0.2, 0.25) is 0 Å². The van der Waals surface area contributed by atoms with Gasteiger partial charge in [-0.3, -0.25) is 9.59 Å². The highest BCUT2D eigenvalue weighted by atomic mass is 16.5. The summed E-state index contributed by atoms with van der Waals surface area (Å²) in [6.45, 7) is 4.42. The SMILES string of the molecule is CCc1ccccc1NC(=O)c1ccc(-n2nc(OCc3cccc(C)c3)ccc2=O)cc1. The molecular formula is C27H25N3O3. The third-order valence-electron chi connectivity index (χ3n) is 5.27. The Labute approximate surface area is 192 Å². The van der Waals surface area contributed by atoms with Crippen LogP contribution in [0.4, 0.5) is 5.69 Å². The topological polar surface area (TPSA) is 73.2 Å². The van der Waals surface area contributed by atoms with Gasteiger partial charge in [0.15, 0.2) is 0 Å². The number of nitrogens with one attached hydrogen (secondary N) is 1. The molecule has 0 aliphatic rings. The second kappa shape index (κ2) is 9.96. The lowest BCUT2D eigenvalue weighted by Gasteiger charge is -2.11. The smallest absolute Gasteiger partial charge is 0.271 e. The third kappa shape index (κ3) is 5.36. The fraction of sp³-hybridized carbons (Fsp3) is 0.148. The van der Waals surface area contributed by atoms with Crippen molar-refractivity contribution in [3.63, 3.8) is 0 Å². The summed E-state index contributed by atoms with van der Waals surface area (Å²) in [5.74, 6) is 0.132. The number of rotatable bonds is 7. The molecule has 1 amide bonds. The normalized spacial score (nSPS) is 10.6. The zero-order valence-electron chi connectivity index (χ0n) is 18.6. The minimum atomic E-state index is -0.285. The number of hydrogen-bond acceptors (Lipinski definition) is 4. The van der Waals surface area contributed by atoms with Gasteiger partial charge in [-0.1, -0.05) is 55.0 Å². The van der Waals surface area contributed by atoms with E-state index in [0.717, 1.165) is 28.8 Å². The monoisotopic (exact) mass is 439 g/mol. The van der Waals surface area contributed by atoms with Crippen molar-refractivity contribution in [2.24, 2.45) is 0 Å². The van der Waals surface area contributed by atoms with Crippen molar-refractivity contribution in [3.05, 3.63) is 118 Å². The van der Waals surface area contributed by atoms with Crippen molar-refractivity contribution in [1.82, 2.24) is 9.78 Å². The molecule has 1 N–H and O–H groups in total. The average molecular weight is 440 g/mol. The number of aromatic nitrogens is 2. The predicted octanol–water partition coefficient (Wildman–Crippen LogP) is 4.93. The van der Waals surface area contributed by atoms with Crippen LogP contribution < -0.4 is 15.6 Å². The molecule has 0 aliphatic heterocycles. The van der Waals surface area contributed by atoms with Crippen LogP contribution >= 0.6 is 0 Å². The second-order valence-corrected chi connectivity index (χ2v) is 7.71. The van der Waals surface area contributed by atoms with E-state index in [1.54, 1.807) is 30.3 Å². The van der Waals surface area contributed by atoms with E-state index in [4.69, 9.17) is 4.74 Å². The standard InChI is InChI=1S/C27H25N3O3/c1-3-21-9-4-5-10-24(21)28-27(32)22-11-13-23(14-12-22)30-26(31)16-15-25(29-30)33-18-20-8-6-7-19(2)17-20/h4-17H,3,18H2,1-2H3,(H,28,32). The Morgan fingerprint density at radius 2 is 1.76 bits per heavy atom. The minimum Gasteiger partial charge on any atom is -0.472 e. The molecule has 33 heavy (non-hydrogen) atoms. The van der Waals surface area contributed by atoms with Crippen LogP contribution in [-0.4, -0.2) is 15.7 Å². The second-order valence-electron chi connectivity index (χ2n) is 7.71. The Balaban J connectivity index is 1.49. The van der Waals surface area contributed by atoms with E-state index >= 15 is 0 Å². The number of para-hydroxylation sites is 1. The van der Waals surface area contributed by atoms with Crippen molar-refractivity contribution >= 4 is 11.6 Å². The van der Waals surface area contributed by atoms with E-state index in [2.05, 4.69) is 10.4 Å². The van der Waals surface area contributed by atoms with Gasteiger partial charge in [-0.2, -0.15) is 4.68 Å². The van der Waals surface area contributed by atoms with E-state index < -0.39 is 0 Å². The van der Waals surface area contributed by atoms with Crippen LogP contribution in [0, 0.1) is 6.92 Å². The minimum absolute atomic E-state index is 0.210. The van der Waals surface area contributed by atoms with Gasteiger partial charge >= 0.3 is 0 Å². The van der Waals surface area contributed by atoms with Crippen LogP contribution in [0.5, 0.6) is 5.88 Å². The number of amides is 1. The number of carbonyl (C=O) groups is 1. The lowest BCUT2D eigenvalue weighted by Crippen LogP contribution is -2.21. The third-order valence-corrected chi connectivity index (χ3v) is 5.27. The van der Waals surface area contributed by atoms with Gasteiger partial charge in [0.1, 0.15) is 6.61 Å². The molecule has 0 saturated heterocycles. The molecule has 0 bridgehead atoms. The molecule has 0 unspecified atom stereocenters. The maximum atomic E-state index is 12.7. The van der Waals surface area contributed by atoms with E-state index in [9.17, 15) is 9.59 Å². The van der Waals surface area contributed by atoms with E-state index in [1.165, 1.54) is 10.7 Å². The molecule has 166 valence electrons. The quantitative estimate of drug-likeness (QED) is 0.443. The van der Waals surface area contributed by atoms with Gasteiger partial charge in [-0.15, -0.1) is 5.10 Å². The fourth-order valence-electron chi connectivity index (χ4n) is 3.51. The number of aryl methyl sites for hydroxylation is 2. The maximum absolute atomic E-state index is 12.7. The van der Waals surface area contributed by atoms with E-state index in [-0.39, 0.29) is 11.5 Å². The Hall–Kier alpha value is -4.19. The first-order valence-corrected chi connectivity index (χ1v) is 10.8. The number of ether oxygens (including phenoxy) is 1. The average Bonchev–Trinajstić information content (AvgIpc) is 2.84. The molecule has 0 fully saturated rings. The molecule has 0 saturated carbocycles. The molecule has 6 nitrogen and oxygen atoms in total. The fourth-order valence-corrected chi connectivity index (χ4v) is 3.51. The Kier molecular flexibility index (Phi) is 6.64. The molecule has 4 rings (SSSR count). The number of anilines is 1. The Morgan fingerprint density at radius 3 is 2.52 bits per heavy atom. The van der Waals surface area contributed by atoms with Gasteiger partial charge < -0.3 is 10.1 Å². The maximum Gasteiger partial charge on any atom is 0.271 e. The van der Waals surface area contributed by atoms with Gasteiger partial charge in [0.05, 0.1) is 5.69 Å². The summed E-state index contributed by atoms with van der Waals surface area (Å²) < 4.78 is 7.04. The largest absolute Gasteiger partial charge is 0.472 e. The van der Waals surface area contributed by atoms with Crippen LogP contribution in [0.25, 0.3) is 5.69 Å². The Bertz CT molecular complexity index is 1330. The van der Waals surface area contributed by atoms with Crippen molar-refractivity contribution in [2.45, 2.75) is 26.9 Å². The molecule has 0 aliphatic carbocycles. The lowest BCUT2D eigenvalue weighted by atomic mass is 10.1. The van der Waals surface area contributed by atoms with Crippen molar-refractivity contribution < 1.29 is 9.53 Å². The molecule has 1 heterocycles. The van der Waals surface area contributed by atoms with Gasteiger partial charge in [-0.05, 0) is 54.8 Å². The molecule has 0 radical (unpaired) electrons. The molecule has 3 aromatic carbocycles. The lowest BCUT2D eigenvalue weighted by molar-refractivity contribution is 0.102.